The van der Waals surface area contributed by atoms with Crippen LogP contribution in [0.3, 0.4) is 0 Å². The van der Waals surface area contributed by atoms with Crippen molar-refractivity contribution in [2.75, 3.05) is 13.2 Å². The molecule has 1 aromatic rings. The van der Waals surface area contributed by atoms with E-state index in [0.717, 1.165) is 24.0 Å². The van der Waals surface area contributed by atoms with Crippen LogP contribution in [0, 0.1) is 12.3 Å². The van der Waals surface area contributed by atoms with Crippen LogP contribution in [-0.4, -0.2) is 28.5 Å². The van der Waals surface area contributed by atoms with Crippen molar-refractivity contribution in [1.82, 2.24) is 0 Å². The molecule has 0 aliphatic heterocycles. The molecule has 1 atom stereocenters. The molecule has 0 fully saturated rings. The lowest BCUT2D eigenvalue weighted by Crippen LogP contribution is -2.21. The maximum Gasteiger partial charge on any atom is 0.0684 e. The molecule has 3 heteroatoms. The molecule has 3 nitrogen and oxygen atoms in total. The van der Waals surface area contributed by atoms with Crippen molar-refractivity contribution < 1.29 is 15.3 Å². The van der Waals surface area contributed by atoms with E-state index in [9.17, 15) is 10.2 Å². The third kappa shape index (κ3) is 2.18. The number of hydrogen-bond donors (Lipinski definition) is 3. The molecule has 18 heavy (non-hydrogen) atoms. The van der Waals surface area contributed by atoms with E-state index in [4.69, 9.17) is 5.11 Å². The number of rotatable bonds is 4. The molecule has 1 aromatic carbocycles. The standard InChI is InChI=1S/C15H22O3/c1-10-13(3-4-16)12(8-17)5-11-6-15(2,9-18)7-14(10)11/h5,16-18H,3-4,6-9H2,1-2H3/t15-/m0/s1. The summed E-state index contributed by atoms with van der Waals surface area (Å²) in [5.74, 6) is 0. The Morgan fingerprint density at radius 3 is 2.50 bits per heavy atom. The van der Waals surface area contributed by atoms with Gasteiger partial charge in [-0.25, -0.2) is 0 Å². The summed E-state index contributed by atoms with van der Waals surface area (Å²) < 4.78 is 0. The van der Waals surface area contributed by atoms with Gasteiger partial charge in [-0.05, 0) is 59.4 Å². The van der Waals surface area contributed by atoms with E-state index in [0.29, 0.717) is 6.42 Å². The molecule has 0 amide bonds. The second-order valence-electron chi connectivity index (χ2n) is 5.73. The van der Waals surface area contributed by atoms with E-state index >= 15 is 0 Å². The minimum Gasteiger partial charge on any atom is -0.396 e. The first-order chi connectivity index (χ1) is 8.54. The van der Waals surface area contributed by atoms with Gasteiger partial charge in [-0.1, -0.05) is 13.0 Å². The van der Waals surface area contributed by atoms with Gasteiger partial charge in [0.05, 0.1) is 6.61 Å². The molecule has 2 rings (SSSR count). The molecule has 0 heterocycles. The second kappa shape index (κ2) is 5.00. The van der Waals surface area contributed by atoms with Crippen LogP contribution in [0.25, 0.3) is 0 Å². The summed E-state index contributed by atoms with van der Waals surface area (Å²) in [5.41, 5.74) is 5.64. The monoisotopic (exact) mass is 250 g/mol. The Morgan fingerprint density at radius 2 is 1.94 bits per heavy atom. The van der Waals surface area contributed by atoms with Crippen molar-refractivity contribution in [1.29, 1.82) is 0 Å². The van der Waals surface area contributed by atoms with Gasteiger partial charge in [0.15, 0.2) is 0 Å². The average molecular weight is 250 g/mol. The van der Waals surface area contributed by atoms with E-state index in [1.54, 1.807) is 0 Å². The molecule has 0 saturated heterocycles. The first kappa shape index (κ1) is 13.5. The Kier molecular flexibility index (Phi) is 3.76. The molecule has 1 aliphatic rings. The quantitative estimate of drug-likeness (QED) is 0.750. The van der Waals surface area contributed by atoms with Crippen molar-refractivity contribution in [3.05, 3.63) is 33.9 Å². The van der Waals surface area contributed by atoms with Crippen molar-refractivity contribution >= 4 is 0 Å². The fraction of sp³-hybridized carbons (Fsp3) is 0.600. The molecule has 0 bridgehead atoms. The number of hydrogen-bond acceptors (Lipinski definition) is 3. The molecular formula is C15H22O3. The maximum absolute atomic E-state index is 9.50. The third-order valence-electron chi connectivity index (χ3n) is 4.16. The number of aliphatic hydroxyl groups is 3. The Morgan fingerprint density at radius 1 is 1.22 bits per heavy atom. The van der Waals surface area contributed by atoms with Gasteiger partial charge in [0.25, 0.3) is 0 Å². The van der Waals surface area contributed by atoms with Crippen LogP contribution < -0.4 is 0 Å². The topological polar surface area (TPSA) is 60.7 Å². The number of fused-ring (bicyclic) bond motifs is 1. The zero-order valence-electron chi connectivity index (χ0n) is 11.2. The fourth-order valence-corrected chi connectivity index (χ4v) is 3.11. The van der Waals surface area contributed by atoms with Gasteiger partial charge >= 0.3 is 0 Å². The Balaban J connectivity index is 2.48. The molecule has 0 aromatic heterocycles. The van der Waals surface area contributed by atoms with Crippen LogP contribution in [0.2, 0.25) is 0 Å². The van der Waals surface area contributed by atoms with Gasteiger partial charge in [-0.2, -0.15) is 0 Å². The van der Waals surface area contributed by atoms with Crippen molar-refractivity contribution in [2.24, 2.45) is 5.41 Å². The predicted octanol–water partition coefficient (Wildman–Crippen LogP) is 1.12. The van der Waals surface area contributed by atoms with Crippen molar-refractivity contribution in [2.45, 2.75) is 39.7 Å². The molecule has 0 radical (unpaired) electrons. The largest absolute Gasteiger partial charge is 0.396 e. The highest BCUT2D eigenvalue weighted by Gasteiger charge is 2.34. The summed E-state index contributed by atoms with van der Waals surface area (Å²) in [5, 5.41) is 28.1. The molecule has 0 unspecified atom stereocenters. The molecule has 0 spiro atoms. The van der Waals surface area contributed by atoms with Crippen LogP contribution >= 0.6 is 0 Å². The maximum atomic E-state index is 9.50. The first-order valence-electron chi connectivity index (χ1n) is 6.50. The van der Waals surface area contributed by atoms with Gasteiger partial charge in [-0.3, -0.25) is 0 Å². The summed E-state index contributed by atoms with van der Waals surface area (Å²) in [6.07, 6.45) is 2.34. The van der Waals surface area contributed by atoms with Gasteiger partial charge in [0.1, 0.15) is 0 Å². The van der Waals surface area contributed by atoms with E-state index in [2.05, 4.69) is 13.8 Å². The van der Waals surface area contributed by atoms with Gasteiger partial charge in [0, 0.05) is 13.2 Å². The Hall–Kier alpha value is -0.900. The van der Waals surface area contributed by atoms with Crippen molar-refractivity contribution in [3.63, 3.8) is 0 Å². The highest BCUT2D eigenvalue weighted by Crippen LogP contribution is 2.40. The molecule has 3 N–H and O–H groups in total. The van der Waals surface area contributed by atoms with Crippen LogP contribution in [0.4, 0.5) is 0 Å². The molecule has 100 valence electrons. The van der Waals surface area contributed by atoms with Crippen LogP contribution in [0.5, 0.6) is 0 Å². The lowest BCUT2D eigenvalue weighted by Gasteiger charge is -2.19. The normalized spacial score (nSPS) is 22.3. The summed E-state index contributed by atoms with van der Waals surface area (Å²) in [6.45, 7) is 4.46. The van der Waals surface area contributed by atoms with E-state index in [-0.39, 0.29) is 25.2 Å². The number of aliphatic hydroxyl groups excluding tert-OH is 3. The minimum absolute atomic E-state index is 0.0132. The zero-order chi connectivity index (χ0) is 13.3. The van der Waals surface area contributed by atoms with Crippen LogP contribution in [-0.2, 0) is 25.9 Å². The van der Waals surface area contributed by atoms with Gasteiger partial charge in [0.2, 0.25) is 0 Å². The lowest BCUT2D eigenvalue weighted by atomic mass is 9.88. The molecular weight excluding hydrogens is 228 g/mol. The van der Waals surface area contributed by atoms with Crippen LogP contribution in [0.1, 0.15) is 34.7 Å². The summed E-state index contributed by atoms with van der Waals surface area (Å²) in [7, 11) is 0. The Bertz CT molecular complexity index is 454. The highest BCUT2D eigenvalue weighted by molar-refractivity contribution is 5.49. The van der Waals surface area contributed by atoms with Gasteiger partial charge in [-0.15, -0.1) is 0 Å². The average Bonchev–Trinajstić information content (AvgIpc) is 2.71. The molecule has 0 saturated carbocycles. The second-order valence-corrected chi connectivity index (χ2v) is 5.73. The highest BCUT2D eigenvalue weighted by atomic mass is 16.3. The summed E-state index contributed by atoms with van der Waals surface area (Å²) >= 11 is 0. The van der Waals surface area contributed by atoms with Crippen molar-refractivity contribution in [3.8, 4) is 0 Å². The number of benzene rings is 1. The summed E-state index contributed by atoms with van der Waals surface area (Å²) in [6, 6.07) is 2.05. The van der Waals surface area contributed by atoms with Gasteiger partial charge < -0.3 is 15.3 Å². The third-order valence-corrected chi connectivity index (χ3v) is 4.16. The smallest absolute Gasteiger partial charge is 0.0684 e. The lowest BCUT2D eigenvalue weighted by molar-refractivity contribution is 0.152. The fourth-order valence-electron chi connectivity index (χ4n) is 3.11. The summed E-state index contributed by atoms with van der Waals surface area (Å²) in [4.78, 5) is 0. The van der Waals surface area contributed by atoms with E-state index in [1.807, 2.05) is 6.07 Å². The minimum atomic E-state index is -0.0718. The predicted molar refractivity (Wildman–Crippen MR) is 70.5 cm³/mol. The molecule has 1 aliphatic carbocycles. The first-order valence-corrected chi connectivity index (χ1v) is 6.50. The van der Waals surface area contributed by atoms with E-state index in [1.165, 1.54) is 16.7 Å². The zero-order valence-corrected chi connectivity index (χ0v) is 11.2. The van der Waals surface area contributed by atoms with Crippen LogP contribution in [0.15, 0.2) is 6.07 Å². The SMILES string of the molecule is Cc1c(CCO)c(CO)cc2c1C[C@@](C)(CO)C2. The Labute approximate surface area is 108 Å². The van der Waals surface area contributed by atoms with E-state index < -0.39 is 0 Å².